The van der Waals surface area contributed by atoms with Crippen molar-refractivity contribution >= 4 is 23.1 Å². The molecule has 3 heteroatoms. The summed E-state index contributed by atoms with van der Waals surface area (Å²) in [7, 11) is 0. The Balaban J connectivity index is 1.77. The summed E-state index contributed by atoms with van der Waals surface area (Å²) in [5, 5.41) is 0. The van der Waals surface area contributed by atoms with Gasteiger partial charge in [-0.3, -0.25) is 0 Å². The molecule has 1 aliphatic heterocycles. The van der Waals surface area contributed by atoms with Gasteiger partial charge in [-0.15, -0.1) is 0 Å². The van der Waals surface area contributed by atoms with E-state index in [1.807, 2.05) is 11.8 Å². The predicted octanol–water partition coefficient (Wildman–Crippen LogP) is 5.66. The molecular formula is C21H28N2S. The van der Waals surface area contributed by atoms with Gasteiger partial charge in [-0.25, -0.2) is 0 Å². The second-order valence-electron chi connectivity index (χ2n) is 6.57. The minimum absolute atomic E-state index is 0.662. The van der Waals surface area contributed by atoms with E-state index < -0.39 is 0 Å². The van der Waals surface area contributed by atoms with Crippen LogP contribution in [-0.4, -0.2) is 31.1 Å². The molecule has 0 bridgehead atoms. The van der Waals surface area contributed by atoms with Gasteiger partial charge in [0.25, 0.3) is 0 Å². The molecule has 2 nitrogen and oxygen atoms in total. The van der Waals surface area contributed by atoms with Crippen LogP contribution in [0.4, 0.5) is 11.4 Å². The van der Waals surface area contributed by atoms with Crippen LogP contribution in [0.15, 0.2) is 58.3 Å². The average molecular weight is 341 g/mol. The van der Waals surface area contributed by atoms with Crippen molar-refractivity contribution in [3.8, 4) is 0 Å². The predicted molar refractivity (Wildman–Crippen MR) is 106 cm³/mol. The van der Waals surface area contributed by atoms with E-state index in [-0.39, 0.29) is 0 Å². The van der Waals surface area contributed by atoms with Gasteiger partial charge in [-0.2, -0.15) is 0 Å². The Bertz CT molecular complexity index is 621. The molecule has 1 heterocycles. The van der Waals surface area contributed by atoms with Gasteiger partial charge in [0.1, 0.15) is 0 Å². The quantitative estimate of drug-likeness (QED) is 0.642. The highest BCUT2D eigenvalue weighted by molar-refractivity contribution is 7.99. The summed E-state index contributed by atoms with van der Waals surface area (Å²) in [5.74, 6) is 0.662. The molecule has 1 aliphatic rings. The highest BCUT2D eigenvalue weighted by atomic mass is 32.2. The van der Waals surface area contributed by atoms with Crippen LogP contribution < -0.4 is 4.90 Å². The molecule has 0 aromatic heterocycles. The lowest BCUT2D eigenvalue weighted by atomic mass is 10.1. The number of hydrogen-bond acceptors (Lipinski definition) is 3. The van der Waals surface area contributed by atoms with Crippen LogP contribution in [0.3, 0.4) is 0 Å². The van der Waals surface area contributed by atoms with Crippen LogP contribution in [0.2, 0.25) is 0 Å². The molecule has 0 amide bonds. The van der Waals surface area contributed by atoms with Crippen LogP contribution in [0, 0.1) is 5.92 Å². The van der Waals surface area contributed by atoms with Gasteiger partial charge in [0.15, 0.2) is 0 Å². The Morgan fingerprint density at radius 3 is 2.00 bits per heavy atom. The third kappa shape index (κ3) is 3.79. The second kappa shape index (κ2) is 8.09. The number of hydrogen-bond donors (Lipinski definition) is 0. The number of anilines is 2. The van der Waals surface area contributed by atoms with Crippen LogP contribution in [0.25, 0.3) is 0 Å². The molecule has 3 rings (SSSR count). The maximum atomic E-state index is 2.52. The lowest BCUT2D eigenvalue weighted by Gasteiger charge is -2.35. The first-order valence-electron chi connectivity index (χ1n) is 9.08. The molecule has 0 aliphatic carbocycles. The molecule has 0 saturated heterocycles. The van der Waals surface area contributed by atoms with Crippen LogP contribution in [0.1, 0.15) is 27.2 Å². The monoisotopic (exact) mass is 340 g/mol. The second-order valence-corrected chi connectivity index (χ2v) is 7.65. The molecule has 0 N–H and O–H groups in total. The van der Waals surface area contributed by atoms with Gasteiger partial charge in [-0.1, -0.05) is 56.8 Å². The lowest BCUT2D eigenvalue weighted by Crippen LogP contribution is -2.30. The number of nitrogens with zero attached hydrogens (tertiary/aromatic N) is 2. The highest BCUT2D eigenvalue weighted by Crippen LogP contribution is 2.48. The van der Waals surface area contributed by atoms with Gasteiger partial charge in [0, 0.05) is 16.3 Å². The van der Waals surface area contributed by atoms with E-state index >= 15 is 0 Å². The third-order valence-corrected chi connectivity index (χ3v) is 5.99. The smallest absolute Gasteiger partial charge is 0.0552 e. The number of fused-ring (bicyclic) bond motifs is 2. The van der Waals surface area contributed by atoms with E-state index in [2.05, 4.69) is 79.1 Å². The standard InChI is InChI=1S/C21H28N2S/c1-4-22(5-2)15-14-17(3)16-23-18-10-6-8-12-20(18)24-21-13-9-7-11-19(21)23/h6-13,17H,4-5,14-16H2,1-3H3. The molecular weight excluding hydrogens is 312 g/mol. The maximum absolute atomic E-state index is 2.52. The van der Waals surface area contributed by atoms with E-state index in [0.717, 1.165) is 19.6 Å². The fourth-order valence-electron chi connectivity index (χ4n) is 3.32. The van der Waals surface area contributed by atoms with Gasteiger partial charge in [-0.05, 0) is 56.2 Å². The Kier molecular flexibility index (Phi) is 5.85. The zero-order chi connectivity index (χ0) is 16.9. The fraction of sp³-hybridized carbons (Fsp3) is 0.429. The topological polar surface area (TPSA) is 6.48 Å². The van der Waals surface area contributed by atoms with E-state index in [0.29, 0.717) is 5.92 Å². The first-order chi connectivity index (χ1) is 11.7. The molecule has 0 spiro atoms. The van der Waals surface area contributed by atoms with Crippen LogP contribution >= 0.6 is 11.8 Å². The lowest BCUT2D eigenvalue weighted by molar-refractivity contribution is 0.281. The van der Waals surface area contributed by atoms with Crippen molar-refractivity contribution in [2.24, 2.45) is 5.92 Å². The minimum Gasteiger partial charge on any atom is -0.339 e. The highest BCUT2D eigenvalue weighted by Gasteiger charge is 2.24. The van der Waals surface area contributed by atoms with Crippen molar-refractivity contribution in [1.29, 1.82) is 0 Å². The van der Waals surface area contributed by atoms with E-state index in [9.17, 15) is 0 Å². The summed E-state index contributed by atoms with van der Waals surface area (Å²) in [6.07, 6.45) is 1.25. The molecule has 24 heavy (non-hydrogen) atoms. The van der Waals surface area contributed by atoms with Gasteiger partial charge < -0.3 is 9.80 Å². The Morgan fingerprint density at radius 2 is 1.46 bits per heavy atom. The summed E-state index contributed by atoms with van der Waals surface area (Å²) in [5.41, 5.74) is 2.71. The minimum atomic E-state index is 0.662. The summed E-state index contributed by atoms with van der Waals surface area (Å²) in [4.78, 5) is 7.78. The Morgan fingerprint density at radius 1 is 0.917 bits per heavy atom. The molecule has 0 radical (unpaired) electrons. The number of benzene rings is 2. The van der Waals surface area contributed by atoms with Crippen molar-refractivity contribution in [2.45, 2.75) is 37.0 Å². The third-order valence-electron chi connectivity index (χ3n) is 4.86. The van der Waals surface area contributed by atoms with Crippen molar-refractivity contribution in [1.82, 2.24) is 4.90 Å². The SMILES string of the molecule is CCN(CC)CCC(C)CN1c2ccccc2Sc2ccccc21. The van der Waals surface area contributed by atoms with Crippen molar-refractivity contribution in [3.63, 3.8) is 0 Å². The van der Waals surface area contributed by atoms with Gasteiger partial charge in [0.05, 0.1) is 11.4 Å². The molecule has 128 valence electrons. The Labute approximate surface area is 150 Å². The van der Waals surface area contributed by atoms with E-state index in [1.54, 1.807) is 0 Å². The zero-order valence-electron chi connectivity index (χ0n) is 15.0. The molecule has 2 aromatic carbocycles. The average Bonchev–Trinajstić information content (AvgIpc) is 2.62. The maximum Gasteiger partial charge on any atom is 0.0552 e. The first kappa shape index (κ1) is 17.4. The van der Waals surface area contributed by atoms with E-state index in [4.69, 9.17) is 0 Å². The summed E-state index contributed by atoms with van der Waals surface area (Å²) < 4.78 is 0. The van der Waals surface area contributed by atoms with Crippen LogP contribution in [-0.2, 0) is 0 Å². The van der Waals surface area contributed by atoms with Crippen molar-refractivity contribution in [3.05, 3.63) is 48.5 Å². The summed E-state index contributed by atoms with van der Waals surface area (Å²) in [6.45, 7) is 11.5. The first-order valence-corrected chi connectivity index (χ1v) is 9.90. The summed E-state index contributed by atoms with van der Waals surface area (Å²) >= 11 is 1.89. The molecule has 1 unspecified atom stereocenters. The number of rotatable bonds is 7. The zero-order valence-corrected chi connectivity index (χ0v) is 15.9. The largest absolute Gasteiger partial charge is 0.339 e. The molecule has 2 aromatic rings. The van der Waals surface area contributed by atoms with Crippen LogP contribution in [0.5, 0.6) is 0 Å². The number of para-hydroxylation sites is 2. The fourth-order valence-corrected chi connectivity index (χ4v) is 4.42. The van der Waals surface area contributed by atoms with Crippen molar-refractivity contribution < 1.29 is 0 Å². The van der Waals surface area contributed by atoms with E-state index in [1.165, 1.54) is 34.1 Å². The summed E-state index contributed by atoms with van der Waals surface area (Å²) in [6, 6.07) is 17.6. The Hall–Kier alpha value is -1.45. The van der Waals surface area contributed by atoms with Gasteiger partial charge >= 0.3 is 0 Å². The molecule has 0 saturated carbocycles. The molecule has 0 fully saturated rings. The van der Waals surface area contributed by atoms with Crippen molar-refractivity contribution in [2.75, 3.05) is 31.1 Å². The molecule has 1 atom stereocenters. The van der Waals surface area contributed by atoms with Gasteiger partial charge in [0.2, 0.25) is 0 Å². The normalized spacial score (nSPS) is 14.4.